The van der Waals surface area contributed by atoms with Gasteiger partial charge in [-0.3, -0.25) is 4.79 Å². The minimum atomic E-state index is -0.692. The van der Waals surface area contributed by atoms with Crippen LogP contribution in [0.4, 0.5) is 4.39 Å². The van der Waals surface area contributed by atoms with Gasteiger partial charge in [0.2, 0.25) is 0 Å². The molecule has 0 radical (unpaired) electrons. The molecule has 98 valence electrons. The third-order valence-corrected chi connectivity index (χ3v) is 3.05. The quantitative estimate of drug-likeness (QED) is 0.834. The van der Waals surface area contributed by atoms with Crippen LogP contribution in [0.2, 0.25) is 0 Å². The first kappa shape index (κ1) is 12.8. The second-order valence-electron chi connectivity index (χ2n) is 4.48. The van der Waals surface area contributed by atoms with Crippen molar-refractivity contribution in [1.29, 1.82) is 0 Å². The van der Waals surface area contributed by atoms with Crippen molar-refractivity contribution in [1.82, 2.24) is 10.3 Å². The number of carbonyl (C=O) groups is 1. The summed E-state index contributed by atoms with van der Waals surface area (Å²) in [7, 11) is 0. The van der Waals surface area contributed by atoms with Crippen molar-refractivity contribution in [2.24, 2.45) is 0 Å². The Labute approximate surface area is 106 Å². The van der Waals surface area contributed by atoms with Crippen LogP contribution in [0.1, 0.15) is 32.1 Å². The van der Waals surface area contributed by atoms with Gasteiger partial charge in [-0.15, -0.1) is 0 Å². The molecule has 0 unspecified atom stereocenters. The van der Waals surface area contributed by atoms with Gasteiger partial charge in [0.15, 0.2) is 12.4 Å². The number of aromatic nitrogens is 1. The number of pyridine rings is 1. The number of hydrogen-bond donors (Lipinski definition) is 1. The van der Waals surface area contributed by atoms with E-state index in [-0.39, 0.29) is 24.3 Å². The number of amides is 1. The van der Waals surface area contributed by atoms with Gasteiger partial charge < -0.3 is 10.1 Å². The van der Waals surface area contributed by atoms with E-state index >= 15 is 0 Å². The van der Waals surface area contributed by atoms with E-state index < -0.39 is 5.95 Å². The summed E-state index contributed by atoms with van der Waals surface area (Å²) in [4.78, 5) is 15.1. The summed E-state index contributed by atoms with van der Waals surface area (Å²) in [5.74, 6) is -0.885. The second kappa shape index (κ2) is 6.33. The largest absolute Gasteiger partial charge is 0.479 e. The Kier molecular flexibility index (Phi) is 4.50. The molecule has 1 fully saturated rings. The maximum atomic E-state index is 13.1. The normalized spacial score (nSPS) is 16.3. The van der Waals surface area contributed by atoms with Crippen molar-refractivity contribution < 1.29 is 13.9 Å². The fourth-order valence-electron chi connectivity index (χ4n) is 2.14. The zero-order valence-corrected chi connectivity index (χ0v) is 10.2. The molecule has 4 nitrogen and oxygen atoms in total. The van der Waals surface area contributed by atoms with Crippen LogP contribution in [0, 0.1) is 5.95 Å². The molecule has 0 spiro atoms. The lowest BCUT2D eigenvalue weighted by Gasteiger charge is -2.22. The molecule has 0 saturated heterocycles. The number of nitrogens with zero attached hydrogens (tertiary/aromatic N) is 1. The van der Waals surface area contributed by atoms with Gasteiger partial charge >= 0.3 is 0 Å². The highest BCUT2D eigenvalue weighted by molar-refractivity contribution is 5.77. The Morgan fingerprint density at radius 2 is 2.22 bits per heavy atom. The molecule has 1 aromatic rings. The van der Waals surface area contributed by atoms with Crippen molar-refractivity contribution in [2.75, 3.05) is 6.61 Å². The van der Waals surface area contributed by atoms with Crippen LogP contribution in [0.15, 0.2) is 18.3 Å². The summed E-state index contributed by atoms with van der Waals surface area (Å²) < 4.78 is 18.2. The Morgan fingerprint density at radius 3 is 2.94 bits per heavy atom. The monoisotopic (exact) mass is 252 g/mol. The number of ether oxygens (including phenoxy) is 1. The summed E-state index contributed by atoms with van der Waals surface area (Å²) in [5.41, 5.74) is 0. The Morgan fingerprint density at radius 1 is 1.44 bits per heavy atom. The molecule has 0 atom stereocenters. The van der Waals surface area contributed by atoms with Gasteiger partial charge in [0.25, 0.3) is 11.9 Å². The van der Waals surface area contributed by atoms with E-state index in [1.165, 1.54) is 18.7 Å². The molecule has 1 aliphatic rings. The fraction of sp³-hybridized carbons (Fsp3) is 0.538. The number of rotatable bonds is 4. The lowest BCUT2D eigenvalue weighted by atomic mass is 9.95. The Hall–Kier alpha value is -1.65. The van der Waals surface area contributed by atoms with Crippen LogP contribution in [-0.4, -0.2) is 23.5 Å². The van der Waals surface area contributed by atoms with Crippen LogP contribution >= 0.6 is 0 Å². The molecule has 1 amide bonds. The van der Waals surface area contributed by atoms with E-state index in [0.717, 1.165) is 25.7 Å². The second-order valence-corrected chi connectivity index (χ2v) is 4.48. The van der Waals surface area contributed by atoms with Crippen LogP contribution in [0.5, 0.6) is 5.75 Å². The lowest BCUT2D eigenvalue weighted by Crippen LogP contribution is -2.39. The Balaban J connectivity index is 1.76. The number of halogens is 1. The first-order valence-electron chi connectivity index (χ1n) is 6.28. The van der Waals surface area contributed by atoms with Gasteiger partial charge in [0.05, 0.1) is 0 Å². The smallest absolute Gasteiger partial charge is 0.258 e. The number of nitrogens with one attached hydrogen (secondary N) is 1. The Bertz CT molecular complexity index is 406. The average Bonchev–Trinajstić information content (AvgIpc) is 2.39. The SMILES string of the molecule is O=C(COc1cccnc1F)NC1CCCCC1. The number of hydrogen-bond acceptors (Lipinski definition) is 3. The number of carbonyl (C=O) groups excluding carboxylic acids is 1. The molecule has 0 bridgehead atoms. The summed E-state index contributed by atoms with van der Waals surface area (Å²) in [6.07, 6.45) is 6.93. The van der Waals surface area contributed by atoms with Gasteiger partial charge in [0, 0.05) is 12.2 Å². The molecule has 5 heteroatoms. The highest BCUT2D eigenvalue weighted by atomic mass is 19.1. The van der Waals surface area contributed by atoms with E-state index in [1.807, 2.05) is 0 Å². The minimum absolute atomic E-state index is 0.0105. The third kappa shape index (κ3) is 3.68. The van der Waals surface area contributed by atoms with Crippen LogP contribution < -0.4 is 10.1 Å². The third-order valence-electron chi connectivity index (χ3n) is 3.05. The molecule has 0 aliphatic heterocycles. The summed E-state index contributed by atoms with van der Waals surface area (Å²) in [5, 5.41) is 2.90. The van der Waals surface area contributed by atoms with E-state index in [0.29, 0.717) is 0 Å². The van der Waals surface area contributed by atoms with Gasteiger partial charge in [0.1, 0.15) is 0 Å². The van der Waals surface area contributed by atoms with E-state index in [1.54, 1.807) is 6.07 Å². The van der Waals surface area contributed by atoms with Gasteiger partial charge in [-0.2, -0.15) is 4.39 Å². The molecule has 2 rings (SSSR count). The van der Waals surface area contributed by atoms with Crippen molar-refractivity contribution >= 4 is 5.91 Å². The molecule has 1 heterocycles. The van der Waals surface area contributed by atoms with Crippen molar-refractivity contribution in [2.45, 2.75) is 38.1 Å². The summed E-state index contributed by atoms with van der Waals surface area (Å²) in [6, 6.07) is 3.27. The van der Waals surface area contributed by atoms with Crippen molar-refractivity contribution in [3.05, 3.63) is 24.3 Å². The van der Waals surface area contributed by atoms with Gasteiger partial charge in [-0.05, 0) is 25.0 Å². The molecule has 1 saturated carbocycles. The maximum Gasteiger partial charge on any atom is 0.258 e. The van der Waals surface area contributed by atoms with Crippen molar-refractivity contribution in [3.63, 3.8) is 0 Å². The molecule has 18 heavy (non-hydrogen) atoms. The van der Waals surface area contributed by atoms with Crippen molar-refractivity contribution in [3.8, 4) is 5.75 Å². The van der Waals surface area contributed by atoms with E-state index in [9.17, 15) is 9.18 Å². The molecule has 0 aromatic carbocycles. The van der Waals surface area contributed by atoms with E-state index in [4.69, 9.17) is 4.74 Å². The van der Waals surface area contributed by atoms with Gasteiger partial charge in [-0.1, -0.05) is 19.3 Å². The molecular formula is C13H17FN2O2. The standard InChI is InChI=1S/C13H17FN2O2/c14-13-11(7-4-8-15-13)18-9-12(17)16-10-5-2-1-3-6-10/h4,7-8,10H,1-3,5-6,9H2,(H,16,17). The van der Waals surface area contributed by atoms with Crippen LogP contribution in [-0.2, 0) is 4.79 Å². The lowest BCUT2D eigenvalue weighted by molar-refractivity contribution is -0.124. The summed E-state index contributed by atoms with van der Waals surface area (Å²) in [6.45, 7) is -0.168. The zero-order chi connectivity index (χ0) is 12.8. The summed E-state index contributed by atoms with van der Waals surface area (Å²) >= 11 is 0. The predicted molar refractivity (Wildman–Crippen MR) is 64.7 cm³/mol. The topological polar surface area (TPSA) is 51.2 Å². The van der Waals surface area contributed by atoms with Gasteiger partial charge in [-0.25, -0.2) is 4.98 Å². The van der Waals surface area contributed by atoms with Crippen LogP contribution in [0.25, 0.3) is 0 Å². The average molecular weight is 252 g/mol. The predicted octanol–water partition coefficient (Wildman–Crippen LogP) is 2.05. The molecule has 1 aliphatic carbocycles. The fourth-order valence-corrected chi connectivity index (χ4v) is 2.14. The molecule has 1 aromatic heterocycles. The first-order valence-corrected chi connectivity index (χ1v) is 6.28. The highest BCUT2D eigenvalue weighted by Crippen LogP contribution is 2.17. The molecular weight excluding hydrogens is 235 g/mol. The maximum absolute atomic E-state index is 13.1. The molecule has 1 N–H and O–H groups in total. The highest BCUT2D eigenvalue weighted by Gasteiger charge is 2.16. The van der Waals surface area contributed by atoms with E-state index in [2.05, 4.69) is 10.3 Å². The minimum Gasteiger partial charge on any atom is -0.479 e. The first-order chi connectivity index (χ1) is 8.75. The zero-order valence-electron chi connectivity index (χ0n) is 10.2. The van der Waals surface area contributed by atoms with Crippen LogP contribution in [0.3, 0.4) is 0 Å².